The number of hydrogen-bond donors (Lipinski definition) is 1. The molecule has 1 heterocycles. The fraction of sp³-hybridized carbons (Fsp3) is 0.214. The van der Waals surface area contributed by atoms with E-state index in [1.54, 1.807) is 31.3 Å². The van der Waals surface area contributed by atoms with E-state index in [0.29, 0.717) is 5.69 Å². The van der Waals surface area contributed by atoms with E-state index in [2.05, 4.69) is 20.9 Å². The molecule has 0 aliphatic heterocycles. The molecule has 2 N–H and O–H groups in total. The zero-order valence-corrected chi connectivity index (χ0v) is 12.7. The standard InChI is InChI=1S/C14H13BrF3N3/c1-21(12-5-3-2-4-9(12)7-19)13-11(14(16,17)18)6-10(15)8-20-13/h2-6,8H,7,19H2,1H3. The zero-order chi connectivity index (χ0) is 15.6. The topological polar surface area (TPSA) is 42.1 Å². The Morgan fingerprint density at radius 3 is 2.57 bits per heavy atom. The Morgan fingerprint density at radius 1 is 1.29 bits per heavy atom. The maximum Gasteiger partial charge on any atom is 0.420 e. The van der Waals surface area contributed by atoms with Crippen molar-refractivity contribution in [2.75, 3.05) is 11.9 Å². The van der Waals surface area contributed by atoms with Gasteiger partial charge in [0.2, 0.25) is 0 Å². The van der Waals surface area contributed by atoms with Crippen LogP contribution in [-0.4, -0.2) is 12.0 Å². The van der Waals surface area contributed by atoms with Crippen molar-refractivity contribution in [1.82, 2.24) is 4.98 Å². The lowest BCUT2D eigenvalue weighted by Crippen LogP contribution is -2.19. The average Bonchev–Trinajstić information content (AvgIpc) is 2.45. The van der Waals surface area contributed by atoms with E-state index in [1.807, 2.05) is 0 Å². The molecule has 1 aromatic carbocycles. The minimum Gasteiger partial charge on any atom is -0.329 e. The molecule has 21 heavy (non-hydrogen) atoms. The van der Waals surface area contributed by atoms with Gasteiger partial charge in [0.1, 0.15) is 5.82 Å². The number of aromatic nitrogens is 1. The van der Waals surface area contributed by atoms with Crippen LogP contribution < -0.4 is 10.6 Å². The zero-order valence-electron chi connectivity index (χ0n) is 11.2. The lowest BCUT2D eigenvalue weighted by molar-refractivity contribution is -0.137. The minimum absolute atomic E-state index is 0.161. The summed E-state index contributed by atoms with van der Waals surface area (Å²) in [5, 5.41) is 0. The molecule has 0 saturated carbocycles. The van der Waals surface area contributed by atoms with Crippen molar-refractivity contribution in [2.45, 2.75) is 12.7 Å². The molecule has 0 aliphatic rings. The van der Waals surface area contributed by atoms with Gasteiger partial charge >= 0.3 is 6.18 Å². The second-order valence-corrected chi connectivity index (χ2v) is 5.33. The monoisotopic (exact) mass is 359 g/mol. The van der Waals surface area contributed by atoms with Crippen LogP contribution in [0.5, 0.6) is 0 Å². The van der Waals surface area contributed by atoms with Crippen molar-refractivity contribution >= 4 is 27.4 Å². The molecule has 112 valence electrons. The van der Waals surface area contributed by atoms with Gasteiger partial charge in [-0.2, -0.15) is 13.2 Å². The largest absolute Gasteiger partial charge is 0.420 e. The SMILES string of the molecule is CN(c1ccccc1CN)c1ncc(Br)cc1C(F)(F)F. The molecule has 0 saturated heterocycles. The predicted molar refractivity (Wildman–Crippen MR) is 79.3 cm³/mol. The molecule has 0 bridgehead atoms. The summed E-state index contributed by atoms with van der Waals surface area (Å²) in [4.78, 5) is 5.31. The number of nitrogens with two attached hydrogens (primary N) is 1. The number of anilines is 2. The molecule has 0 radical (unpaired) electrons. The second kappa shape index (κ2) is 6.03. The molecule has 0 amide bonds. The fourth-order valence-electron chi connectivity index (χ4n) is 2.03. The summed E-state index contributed by atoms with van der Waals surface area (Å²) in [7, 11) is 1.54. The van der Waals surface area contributed by atoms with Crippen LogP contribution in [0, 0.1) is 0 Å². The van der Waals surface area contributed by atoms with Crippen LogP contribution in [0.15, 0.2) is 41.0 Å². The Morgan fingerprint density at radius 2 is 1.95 bits per heavy atom. The first-order valence-electron chi connectivity index (χ1n) is 6.09. The smallest absolute Gasteiger partial charge is 0.329 e. The summed E-state index contributed by atoms with van der Waals surface area (Å²) >= 11 is 3.02. The van der Waals surface area contributed by atoms with Gasteiger partial charge in [0.25, 0.3) is 0 Å². The van der Waals surface area contributed by atoms with Gasteiger partial charge < -0.3 is 10.6 Å². The fourth-order valence-corrected chi connectivity index (χ4v) is 2.36. The second-order valence-electron chi connectivity index (χ2n) is 4.41. The molecule has 2 aromatic rings. The number of para-hydroxylation sites is 1. The molecule has 3 nitrogen and oxygen atoms in total. The number of benzene rings is 1. The van der Waals surface area contributed by atoms with Crippen LogP contribution in [0.2, 0.25) is 0 Å². The Bertz CT molecular complexity index is 644. The molecule has 7 heteroatoms. The normalized spacial score (nSPS) is 11.5. The van der Waals surface area contributed by atoms with Crippen molar-refractivity contribution in [3.05, 3.63) is 52.1 Å². The van der Waals surface area contributed by atoms with E-state index in [4.69, 9.17) is 5.73 Å². The highest BCUT2D eigenvalue weighted by Crippen LogP contribution is 2.39. The first-order chi connectivity index (χ1) is 9.84. The van der Waals surface area contributed by atoms with Crippen molar-refractivity contribution in [3.63, 3.8) is 0 Å². The van der Waals surface area contributed by atoms with Gasteiger partial charge in [0.15, 0.2) is 0 Å². The summed E-state index contributed by atoms with van der Waals surface area (Å²) in [6, 6.07) is 8.05. The predicted octanol–water partition coefficient (Wildman–Crippen LogP) is 4.09. The number of hydrogen-bond acceptors (Lipinski definition) is 3. The molecular weight excluding hydrogens is 347 g/mol. The summed E-state index contributed by atoms with van der Waals surface area (Å²) in [6.45, 7) is 0.235. The van der Waals surface area contributed by atoms with E-state index in [-0.39, 0.29) is 16.8 Å². The van der Waals surface area contributed by atoms with E-state index in [1.165, 1.54) is 11.1 Å². The third-order valence-electron chi connectivity index (χ3n) is 3.03. The van der Waals surface area contributed by atoms with Crippen LogP contribution in [0.4, 0.5) is 24.7 Å². The van der Waals surface area contributed by atoms with Crippen molar-refractivity contribution < 1.29 is 13.2 Å². The van der Waals surface area contributed by atoms with Gasteiger partial charge in [0, 0.05) is 29.9 Å². The molecule has 0 unspecified atom stereocenters. The maximum absolute atomic E-state index is 13.2. The number of rotatable bonds is 3. The number of pyridine rings is 1. The van der Waals surface area contributed by atoms with E-state index < -0.39 is 11.7 Å². The summed E-state index contributed by atoms with van der Waals surface area (Å²) in [5.41, 5.74) is 6.18. The summed E-state index contributed by atoms with van der Waals surface area (Å²) in [6.07, 6.45) is -3.15. The third kappa shape index (κ3) is 3.36. The van der Waals surface area contributed by atoms with Gasteiger partial charge in [-0.15, -0.1) is 0 Å². The number of halogens is 4. The summed E-state index contributed by atoms with van der Waals surface area (Å²) < 4.78 is 39.8. The maximum atomic E-state index is 13.2. The van der Waals surface area contributed by atoms with Crippen LogP contribution in [0.1, 0.15) is 11.1 Å². The molecular formula is C14H13BrF3N3. The van der Waals surface area contributed by atoms with E-state index in [9.17, 15) is 13.2 Å². The molecule has 0 aliphatic carbocycles. The molecule has 1 aromatic heterocycles. The van der Waals surface area contributed by atoms with Gasteiger partial charge in [-0.1, -0.05) is 18.2 Å². The van der Waals surface area contributed by atoms with E-state index in [0.717, 1.165) is 11.6 Å². The van der Waals surface area contributed by atoms with Crippen LogP contribution in [0.3, 0.4) is 0 Å². The average molecular weight is 360 g/mol. The molecule has 0 atom stereocenters. The highest BCUT2D eigenvalue weighted by atomic mass is 79.9. The van der Waals surface area contributed by atoms with Crippen molar-refractivity contribution in [2.24, 2.45) is 5.73 Å². The van der Waals surface area contributed by atoms with Gasteiger partial charge in [-0.25, -0.2) is 4.98 Å². The van der Waals surface area contributed by atoms with Gasteiger partial charge in [-0.3, -0.25) is 0 Å². The Balaban J connectivity index is 2.56. The number of nitrogens with zero attached hydrogens (tertiary/aromatic N) is 2. The molecule has 2 rings (SSSR count). The summed E-state index contributed by atoms with van der Waals surface area (Å²) in [5.74, 6) is -0.161. The van der Waals surface area contributed by atoms with Gasteiger partial charge in [-0.05, 0) is 33.6 Å². The minimum atomic E-state index is -4.49. The first-order valence-corrected chi connectivity index (χ1v) is 6.88. The quantitative estimate of drug-likeness (QED) is 0.897. The Hall–Kier alpha value is -1.60. The lowest BCUT2D eigenvalue weighted by Gasteiger charge is -2.24. The highest BCUT2D eigenvalue weighted by Gasteiger charge is 2.36. The van der Waals surface area contributed by atoms with Crippen molar-refractivity contribution in [1.29, 1.82) is 0 Å². The van der Waals surface area contributed by atoms with Crippen LogP contribution in [0.25, 0.3) is 0 Å². The first kappa shape index (κ1) is 15.8. The van der Waals surface area contributed by atoms with Gasteiger partial charge in [0.05, 0.1) is 5.56 Å². The lowest BCUT2D eigenvalue weighted by atomic mass is 10.1. The highest BCUT2D eigenvalue weighted by molar-refractivity contribution is 9.10. The van der Waals surface area contributed by atoms with Crippen molar-refractivity contribution in [3.8, 4) is 0 Å². The Labute approximate surface area is 128 Å². The molecule has 0 spiro atoms. The van der Waals surface area contributed by atoms with Crippen LogP contribution >= 0.6 is 15.9 Å². The Kier molecular flexibility index (Phi) is 4.53. The number of alkyl halides is 3. The third-order valence-corrected chi connectivity index (χ3v) is 3.46. The van der Waals surface area contributed by atoms with Crippen LogP contribution in [-0.2, 0) is 12.7 Å². The van der Waals surface area contributed by atoms with E-state index >= 15 is 0 Å². The molecule has 0 fully saturated rings.